The highest BCUT2D eigenvalue weighted by Gasteiger charge is 2.14. The third-order valence-electron chi connectivity index (χ3n) is 2.60. The van der Waals surface area contributed by atoms with E-state index in [1.165, 1.54) is 25.7 Å². The predicted octanol–water partition coefficient (Wildman–Crippen LogP) is 3.25. The standard InChI is InChI=1S/C12H23N/c1-12(2,3)8-7-10-5-4-6-11(13)9-10/h7,11H,4-6,8-9,13H2,1-3H3. The van der Waals surface area contributed by atoms with Crippen molar-refractivity contribution < 1.29 is 0 Å². The van der Waals surface area contributed by atoms with E-state index in [4.69, 9.17) is 5.73 Å². The fourth-order valence-corrected chi connectivity index (χ4v) is 1.77. The second kappa shape index (κ2) is 4.28. The Bertz CT molecular complexity index is 186. The molecular weight excluding hydrogens is 158 g/mol. The van der Waals surface area contributed by atoms with E-state index in [2.05, 4.69) is 26.8 Å². The lowest BCUT2D eigenvalue weighted by Crippen LogP contribution is -2.23. The van der Waals surface area contributed by atoms with Gasteiger partial charge in [0.15, 0.2) is 0 Å². The topological polar surface area (TPSA) is 26.0 Å². The summed E-state index contributed by atoms with van der Waals surface area (Å²) < 4.78 is 0. The summed E-state index contributed by atoms with van der Waals surface area (Å²) in [5.74, 6) is 0. The molecule has 1 aliphatic carbocycles. The van der Waals surface area contributed by atoms with Gasteiger partial charge in [0.1, 0.15) is 0 Å². The monoisotopic (exact) mass is 181 g/mol. The molecule has 1 unspecified atom stereocenters. The van der Waals surface area contributed by atoms with Gasteiger partial charge in [-0.05, 0) is 37.5 Å². The first-order valence-corrected chi connectivity index (χ1v) is 5.41. The Kier molecular flexibility index (Phi) is 3.55. The van der Waals surface area contributed by atoms with Crippen LogP contribution in [0.1, 0.15) is 52.9 Å². The maximum atomic E-state index is 5.92. The first-order chi connectivity index (χ1) is 5.97. The van der Waals surface area contributed by atoms with Crippen LogP contribution in [0.15, 0.2) is 11.6 Å². The second-order valence-electron chi connectivity index (χ2n) is 5.48. The number of hydrogen-bond acceptors (Lipinski definition) is 1. The third-order valence-corrected chi connectivity index (χ3v) is 2.60. The molecule has 0 aliphatic heterocycles. The Labute approximate surface area is 82.4 Å². The molecule has 1 aliphatic rings. The van der Waals surface area contributed by atoms with Gasteiger partial charge in [-0.2, -0.15) is 0 Å². The van der Waals surface area contributed by atoms with E-state index in [0.29, 0.717) is 11.5 Å². The molecule has 2 N–H and O–H groups in total. The van der Waals surface area contributed by atoms with E-state index in [9.17, 15) is 0 Å². The van der Waals surface area contributed by atoms with Crippen LogP contribution in [-0.4, -0.2) is 6.04 Å². The minimum Gasteiger partial charge on any atom is -0.327 e. The van der Waals surface area contributed by atoms with Gasteiger partial charge in [-0.25, -0.2) is 0 Å². The summed E-state index contributed by atoms with van der Waals surface area (Å²) in [7, 11) is 0. The Hall–Kier alpha value is -0.300. The molecule has 0 aromatic heterocycles. The van der Waals surface area contributed by atoms with Gasteiger partial charge in [-0.1, -0.05) is 32.4 Å². The molecule has 0 aromatic carbocycles. The fraction of sp³-hybridized carbons (Fsp3) is 0.833. The minimum absolute atomic E-state index is 0.425. The molecule has 0 heterocycles. The number of hydrogen-bond donors (Lipinski definition) is 1. The van der Waals surface area contributed by atoms with E-state index in [1.54, 1.807) is 5.57 Å². The summed E-state index contributed by atoms with van der Waals surface area (Å²) in [5.41, 5.74) is 7.94. The summed E-state index contributed by atoms with van der Waals surface area (Å²) in [6.07, 6.45) is 8.53. The van der Waals surface area contributed by atoms with Crippen LogP contribution in [0.3, 0.4) is 0 Å². The average molecular weight is 181 g/mol. The van der Waals surface area contributed by atoms with Crippen LogP contribution in [0, 0.1) is 5.41 Å². The molecule has 0 saturated heterocycles. The maximum absolute atomic E-state index is 5.92. The number of nitrogens with two attached hydrogens (primary N) is 1. The van der Waals surface area contributed by atoms with Gasteiger partial charge in [0, 0.05) is 6.04 Å². The molecule has 1 rings (SSSR count). The minimum atomic E-state index is 0.425. The van der Waals surface area contributed by atoms with Crippen molar-refractivity contribution >= 4 is 0 Å². The average Bonchev–Trinajstić information content (AvgIpc) is 2.00. The van der Waals surface area contributed by atoms with Crippen LogP contribution >= 0.6 is 0 Å². The van der Waals surface area contributed by atoms with Gasteiger partial charge >= 0.3 is 0 Å². The van der Waals surface area contributed by atoms with Gasteiger partial charge in [0.05, 0.1) is 0 Å². The Morgan fingerprint density at radius 1 is 1.46 bits per heavy atom. The summed E-state index contributed by atoms with van der Waals surface area (Å²) >= 11 is 0. The van der Waals surface area contributed by atoms with E-state index in [0.717, 1.165) is 6.42 Å². The largest absolute Gasteiger partial charge is 0.327 e. The van der Waals surface area contributed by atoms with Crippen LogP contribution in [0.4, 0.5) is 0 Å². The molecule has 1 heteroatoms. The van der Waals surface area contributed by atoms with Crippen molar-refractivity contribution in [3.63, 3.8) is 0 Å². The maximum Gasteiger partial charge on any atom is 0.00761 e. The Balaban J connectivity index is 2.42. The predicted molar refractivity (Wildman–Crippen MR) is 58.6 cm³/mol. The molecule has 0 aromatic rings. The highest BCUT2D eigenvalue weighted by molar-refractivity contribution is 5.07. The van der Waals surface area contributed by atoms with E-state index in [1.807, 2.05) is 0 Å². The molecule has 0 spiro atoms. The van der Waals surface area contributed by atoms with E-state index in [-0.39, 0.29) is 0 Å². The first kappa shape index (κ1) is 10.8. The second-order valence-corrected chi connectivity index (χ2v) is 5.48. The smallest absolute Gasteiger partial charge is 0.00761 e. The van der Waals surface area contributed by atoms with Gasteiger partial charge in [-0.15, -0.1) is 0 Å². The molecule has 76 valence electrons. The van der Waals surface area contributed by atoms with E-state index >= 15 is 0 Å². The lowest BCUT2D eigenvalue weighted by molar-refractivity contribution is 0.415. The van der Waals surface area contributed by atoms with Crippen LogP contribution < -0.4 is 5.73 Å². The van der Waals surface area contributed by atoms with Crippen molar-refractivity contribution in [3.05, 3.63) is 11.6 Å². The molecule has 1 fully saturated rings. The molecular formula is C12H23N. The number of rotatable bonds is 1. The van der Waals surface area contributed by atoms with Crippen molar-refractivity contribution in [2.75, 3.05) is 0 Å². The molecule has 0 bridgehead atoms. The highest BCUT2D eigenvalue weighted by atomic mass is 14.6. The molecule has 0 radical (unpaired) electrons. The molecule has 13 heavy (non-hydrogen) atoms. The summed E-state index contributed by atoms with van der Waals surface area (Å²) in [5, 5.41) is 0. The zero-order valence-corrected chi connectivity index (χ0v) is 9.27. The zero-order valence-electron chi connectivity index (χ0n) is 9.27. The Morgan fingerprint density at radius 3 is 2.69 bits per heavy atom. The lowest BCUT2D eigenvalue weighted by Gasteiger charge is -2.22. The van der Waals surface area contributed by atoms with Gasteiger partial charge in [0.2, 0.25) is 0 Å². The molecule has 1 nitrogen and oxygen atoms in total. The van der Waals surface area contributed by atoms with Crippen molar-refractivity contribution in [1.29, 1.82) is 0 Å². The quantitative estimate of drug-likeness (QED) is 0.617. The van der Waals surface area contributed by atoms with Crippen LogP contribution in [0.5, 0.6) is 0 Å². The van der Waals surface area contributed by atoms with Crippen molar-refractivity contribution in [2.45, 2.75) is 58.9 Å². The normalized spacial score (nSPS) is 28.0. The SMILES string of the molecule is CC(C)(C)CC=C1CCCC(N)C1. The van der Waals surface area contributed by atoms with Crippen molar-refractivity contribution in [2.24, 2.45) is 11.1 Å². The zero-order chi connectivity index (χ0) is 9.90. The number of allylic oxidation sites excluding steroid dienone is 1. The van der Waals surface area contributed by atoms with Gasteiger partial charge < -0.3 is 5.73 Å². The van der Waals surface area contributed by atoms with Crippen molar-refractivity contribution in [3.8, 4) is 0 Å². The van der Waals surface area contributed by atoms with Gasteiger partial charge in [-0.3, -0.25) is 0 Å². The summed E-state index contributed by atoms with van der Waals surface area (Å²) in [6, 6.07) is 0.431. The third kappa shape index (κ3) is 4.47. The van der Waals surface area contributed by atoms with Crippen molar-refractivity contribution in [1.82, 2.24) is 0 Å². The summed E-state index contributed by atoms with van der Waals surface area (Å²) in [4.78, 5) is 0. The van der Waals surface area contributed by atoms with Crippen LogP contribution in [0.25, 0.3) is 0 Å². The lowest BCUT2D eigenvalue weighted by atomic mass is 9.86. The van der Waals surface area contributed by atoms with Crippen LogP contribution in [-0.2, 0) is 0 Å². The van der Waals surface area contributed by atoms with Gasteiger partial charge in [0.25, 0.3) is 0 Å². The first-order valence-electron chi connectivity index (χ1n) is 5.41. The highest BCUT2D eigenvalue weighted by Crippen LogP contribution is 2.26. The molecule has 0 amide bonds. The summed E-state index contributed by atoms with van der Waals surface area (Å²) in [6.45, 7) is 6.85. The van der Waals surface area contributed by atoms with Crippen LogP contribution in [0.2, 0.25) is 0 Å². The fourth-order valence-electron chi connectivity index (χ4n) is 1.77. The molecule has 1 saturated carbocycles. The molecule has 1 atom stereocenters. The Morgan fingerprint density at radius 2 is 2.15 bits per heavy atom. The van der Waals surface area contributed by atoms with E-state index < -0.39 is 0 Å².